The van der Waals surface area contributed by atoms with Gasteiger partial charge in [0.05, 0.1) is 5.52 Å². The van der Waals surface area contributed by atoms with Gasteiger partial charge in [0.15, 0.2) is 5.82 Å². The molecule has 1 aliphatic rings. The molecule has 19 heavy (non-hydrogen) atoms. The quantitative estimate of drug-likeness (QED) is 0.898. The smallest absolute Gasteiger partial charge is 0.201 e. The summed E-state index contributed by atoms with van der Waals surface area (Å²) in [4.78, 5) is 4.16. The van der Waals surface area contributed by atoms with Gasteiger partial charge in [-0.25, -0.2) is 9.37 Å². The van der Waals surface area contributed by atoms with Crippen LogP contribution in [0.4, 0.5) is 10.3 Å². The molecule has 2 aromatic rings. The Morgan fingerprint density at radius 3 is 3.05 bits per heavy atom. The highest BCUT2D eigenvalue weighted by atomic mass is 19.1. The molecule has 0 radical (unpaired) electrons. The molecule has 1 aromatic heterocycles. The number of aromatic nitrogens is 2. The zero-order chi connectivity index (χ0) is 13.4. The number of nitrogens with two attached hydrogens (primary N) is 1. The maximum Gasteiger partial charge on any atom is 0.201 e. The largest absolute Gasteiger partial charge is 0.369 e. The monoisotopic (exact) mass is 261 g/mol. The first-order valence-corrected chi connectivity index (χ1v) is 7.05. The van der Waals surface area contributed by atoms with E-state index in [0.29, 0.717) is 17.4 Å². The van der Waals surface area contributed by atoms with Gasteiger partial charge in [0, 0.05) is 6.54 Å². The van der Waals surface area contributed by atoms with Crippen LogP contribution >= 0.6 is 0 Å². The molecule has 0 saturated heterocycles. The molecule has 1 aliphatic carbocycles. The number of hydrogen-bond acceptors (Lipinski definition) is 2. The van der Waals surface area contributed by atoms with Crippen LogP contribution in [0.15, 0.2) is 18.2 Å². The first kappa shape index (κ1) is 12.5. The topological polar surface area (TPSA) is 43.8 Å². The maximum atomic E-state index is 13.7. The third kappa shape index (κ3) is 2.31. The molecule has 102 valence electrons. The van der Waals surface area contributed by atoms with Crippen molar-refractivity contribution in [3.8, 4) is 0 Å². The Balaban J connectivity index is 1.92. The Labute approximate surface area is 112 Å². The van der Waals surface area contributed by atoms with Crippen LogP contribution in [0.3, 0.4) is 0 Å². The zero-order valence-electron chi connectivity index (χ0n) is 11.3. The lowest BCUT2D eigenvalue weighted by Crippen LogP contribution is -2.19. The maximum absolute atomic E-state index is 13.7. The number of para-hydroxylation sites is 1. The number of fused-ring (bicyclic) bond motifs is 1. The summed E-state index contributed by atoms with van der Waals surface area (Å²) in [5.41, 5.74) is 7.17. The second kappa shape index (κ2) is 4.83. The van der Waals surface area contributed by atoms with Crippen LogP contribution in [0.5, 0.6) is 0 Å². The van der Waals surface area contributed by atoms with Gasteiger partial charge in [-0.3, -0.25) is 0 Å². The first-order chi connectivity index (χ1) is 9.15. The van der Waals surface area contributed by atoms with E-state index in [1.807, 2.05) is 10.6 Å². The number of nitrogens with zero attached hydrogens (tertiary/aromatic N) is 2. The van der Waals surface area contributed by atoms with E-state index in [0.717, 1.165) is 18.0 Å². The lowest BCUT2D eigenvalue weighted by molar-refractivity contribution is 0.259. The summed E-state index contributed by atoms with van der Waals surface area (Å²) >= 11 is 0. The minimum Gasteiger partial charge on any atom is -0.369 e. The highest BCUT2D eigenvalue weighted by molar-refractivity contribution is 5.78. The van der Waals surface area contributed by atoms with Crippen molar-refractivity contribution in [2.75, 3.05) is 5.73 Å². The number of benzene rings is 1. The Kier molecular flexibility index (Phi) is 3.17. The molecule has 2 atom stereocenters. The molecule has 0 spiro atoms. The van der Waals surface area contributed by atoms with Gasteiger partial charge in [-0.1, -0.05) is 25.8 Å². The van der Waals surface area contributed by atoms with Crippen molar-refractivity contribution >= 4 is 17.0 Å². The Hall–Kier alpha value is -1.58. The van der Waals surface area contributed by atoms with Gasteiger partial charge in [-0.05, 0) is 36.8 Å². The molecule has 1 heterocycles. The van der Waals surface area contributed by atoms with Gasteiger partial charge in [-0.2, -0.15) is 0 Å². The van der Waals surface area contributed by atoms with Crippen LogP contribution < -0.4 is 5.73 Å². The molecule has 2 N–H and O–H groups in total. The van der Waals surface area contributed by atoms with Crippen molar-refractivity contribution in [2.24, 2.45) is 11.8 Å². The summed E-state index contributed by atoms with van der Waals surface area (Å²) in [6.45, 7) is 3.16. The van der Waals surface area contributed by atoms with Gasteiger partial charge in [-0.15, -0.1) is 0 Å². The highest BCUT2D eigenvalue weighted by Gasteiger charge is 2.21. The second-order valence-electron chi connectivity index (χ2n) is 5.83. The molecule has 0 aliphatic heterocycles. The predicted molar refractivity (Wildman–Crippen MR) is 75.2 cm³/mol. The number of nitrogen functional groups attached to an aromatic ring is 1. The molecule has 3 nitrogen and oxygen atoms in total. The lowest BCUT2D eigenvalue weighted by Gasteiger charge is -2.27. The fraction of sp³-hybridized carbons (Fsp3) is 0.533. The third-order valence-corrected chi connectivity index (χ3v) is 4.24. The molecule has 3 rings (SSSR count). The number of anilines is 1. The van der Waals surface area contributed by atoms with Gasteiger partial charge in [0.2, 0.25) is 5.95 Å². The van der Waals surface area contributed by atoms with Crippen LogP contribution in [0.25, 0.3) is 11.0 Å². The van der Waals surface area contributed by atoms with Crippen LogP contribution in [0.2, 0.25) is 0 Å². The van der Waals surface area contributed by atoms with E-state index in [4.69, 9.17) is 5.73 Å². The Bertz CT molecular complexity index is 590. The van der Waals surface area contributed by atoms with Crippen molar-refractivity contribution in [1.29, 1.82) is 0 Å². The van der Waals surface area contributed by atoms with E-state index in [9.17, 15) is 4.39 Å². The van der Waals surface area contributed by atoms with E-state index in [-0.39, 0.29) is 5.82 Å². The standard InChI is InChI=1S/C15H20FN3/c1-10-4-2-5-11(8-10)9-19-13-7-3-6-12(16)14(13)18-15(19)17/h3,6-7,10-11H,2,4-5,8-9H2,1H3,(H2,17,18). The van der Waals surface area contributed by atoms with Gasteiger partial charge < -0.3 is 10.3 Å². The molecule has 4 heteroatoms. The molecule has 1 fully saturated rings. The van der Waals surface area contributed by atoms with E-state index in [2.05, 4.69) is 11.9 Å². The lowest BCUT2D eigenvalue weighted by atomic mass is 9.82. The normalized spacial score (nSPS) is 23.9. The molecule has 0 amide bonds. The number of rotatable bonds is 2. The van der Waals surface area contributed by atoms with E-state index < -0.39 is 0 Å². The van der Waals surface area contributed by atoms with Crippen LogP contribution in [-0.4, -0.2) is 9.55 Å². The summed E-state index contributed by atoms with van der Waals surface area (Å²) in [5, 5.41) is 0. The Morgan fingerprint density at radius 2 is 2.26 bits per heavy atom. The fourth-order valence-corrected chi connectivity index (χ4v) is 3.31. The SMILES string of the molecule is CC1CCCC(Cn2c(N)nc3c(F)cccc32)C1. The van der Waals surface area contributed by atoms with Gasteiger partial charge in [0.25, 0.3) is 0 Å². The zero-order valence-corrected chi connectivity index (χ0v) is 11.3. The molecule has 0 bridgehead atoms. The summed E-state index contributed by atoms with van der Waals surface area (Å²) in [5.74, 6) is 1.55. The highest BCUT2D eigenvalue weighted by Crippen LogP contribution is 2.31. The van der Waals surface area contributed by atoms with E-state index in [1.165, 1.54) is 31.7 Å². The van der Waals surface area contributed by atoms with E-state index >= 15 is 0 Å². The van der Waals surface area contributed by atoms with Crippen LogP contribution in [0, 0.1) is 17.7 Å². The summed E-state index contributed by atoms with van der Waals surface area (Å²) in [6, 6.07) is 5.05. The molecular weight excluding hydrogens is 241 g/mol. The average Bonchev–Trinajstić information content (AvgIpc) is 2.69. The van der Waals surface area contributed by atoms with Gasteiger partial charge >= 0.3 is 0 Å². The third-order valence-electron chi connectivity index (χ3n) is 4.24. The summed E-state index contributed by atoms with van der Waals surface area (Å²) < 4.78 is 15.7. The van der Waals surface area contributed by atoms with Crippen molar-refractivity contribution < 1.29 is 4.39 Å². The number of halogens is 1. The summed E-state index contributed by atoms with van der Waals surface area (Å²) in [6.07, 6.45) is 5.07. The first-order valence-electron chi connectivity index (χ1n) is 7.05. The average molecular weight is 261 g/mol. The van der Waals surface area contributed by atoms with Crippen molar-refractivity contribution in [1.82, 2.24) is 9.55 Å². The van der Waals surface area contributed by atoms with Crippen molar-refractivity contribution in [3.63, 3.8) is 0 Å². The molecule has 1 saturated carbocycles. The molecule has 2 unspecified atom stereocenters. The number of imidazole rings is 1. The molecule has 1 aromatic carbocycles. The predicted octanol–water partition coefficient (Wildman–Crippen LogP) is 3.58. The number of hydrogen-bond donors (Lipinski definition) is 1. The Morgan fingerprint density at radius 1 is 1.42 bits per heavy atom. The minimum atomic E-state index is -0.292. The van der Waals surface area contributed by atoms with E-state index in [1.54, 1.807) is 6.07 Å². The minimum absolute atomic E-state index is 0.292. The second-order valence-corrected chi connectivity index (χ2v) is 5.83. The molecular formula is C15H20FN3. The fourth-order valence-electron chi connectivity index (χ4n) is 3.31. The van der Waals surface area contributed by atoms with Crippen LogP contribution in [0.1, 0.15) is 32.6 Å². The summed E-state index contributed by atoms with van der Waals surface area (Å²) in [7, 11) is 0. The van der Waals surface area contributed by atoms with Crippen molar-refractivity contribution in [2.45, 2.75) is 39.2 Å². The van der Waals surface area contributed by atoms with Gasteiger partial charge in [0.1, 0.15) is 5.52 Å². The van der Waals surface area contributed by atoms with Crippen LogP contribution in [-0.2, 0) is 6.54 Å². The van der Waals surface area contributed by atoms with Crippen molar-refractivity contribution in [3.05, 3.63) is 24.0 Å².